The number of hydrogen-bond acceptors (Lipinski definition) is 8. The first-order valence-corrected chi connectivity index (χ1v) is 16.2. The Morgan fingerprint density at radius 2 is 1.33 bits per heavy atom. The topological polar surface area (TPSA) is 114 Å². The van der Waals surface area contributed by atoms with Crippen molar-refractivity contribution in [3.05, 3.63) is 144 Å². The lowest BCUT2D eigenvalue weighted by Gasteiger charge is -2.45. The van der Waals surface area contributed by atoms with E-state index in [-0.39, 0.29) is 19.6 Å². The molecule has 0 spiro atoms. The fourth-order valence-electron chi connectivity index (χ4n) is 6.19. The van der Waals surface area contributed by atoms with Gasteiger partial charge >= 0.3 is 5.97 Å². The zero-order chi connectivity index (χ0) is 33.3. The van der Waals surface area contributed by atoms with Crippen molar-refractivity contribution >= 4 is 16.9 Å². The highest BCUT2D eigenvalue weighted by Gasteiger charge is 2.48. The van der Waals surface area contributed by atoms with Crippen molar-refractivity contribution in [2.24, 2.45) is 5.73 Å². The second-order valence-corrected chi connectivity index (χ2v) is 12.0. The first kappa shape index (κ1) is 33.5. The molecule has 0 saturated carbocycles. The van der Waals surface area contributed by atoms with Crippen LogP contribution in [0.25, 0.3) is 10.9 Å². The molecule has 0 amide bonds. The van der Waals surface area contributed by atoms with Gasteiger partial charge in [0.1, 0.15) is 30.5 Å². The summed E-state index contributed by atoms with van der Waals surface area (Å²) in [6, 6.07) is 36.6. The molecule has 1 aromatic heterocycles. The first-order valence-electron chi connectivity index (χ1n) is 16.2. The van der Waals surface area contributed by atoms with E-state index in [4.69, 9.17) is 29.4 Å². The highest BCUT2D eigenvalue weighted by molar-refractivity contribution is 5.85. The fourth-order valence-corrected chi connectivity index (χ4v) is 6.19. The molecule has 1 aliphatic heterocycles. The van der Waals surface area contributed by atoms with E-state index in [1.54, 1.807) is 0 Å². The number of esters is 1. The molecule has 9 heteroatoms. The highest BCUT2D eigenvalue weighted by atomic mass is 16.6. The van der Waals surface area contributed by atoms with Gasteiger partial charge in [-0.3, -0.25) is 4.79 Å². The third-order valence-electron chi connectivity index (χ3n) is 8.64. The maximum absolute atomic E-state index is 12.2. The van der Waals surface area contributed by atoms with Gasteiger partial charge in [-0.1, -0.05) is 109 Å². The van der Waals surface area contributed by atoms with E-state index < -0.39 is 42.7 Å². The molecule has 250 valence electrons. The van der Waals surface area contributed by atoms with E-state index in [1.807, 2.05) is 126 Å². The molecule has 1 fully saturated rings. The van der Waals surface area contributed by atoms with Gasteiger partial charge in [-0.05, 0) is 28.3 Å². The summed E-state index contributed by atoms with van der Waals surface area (Å²) in [5.74, 6) is -0.496. The molecule has 1 saturated heterocycles. The number of nitrogens with zero attached hydrogens (tertiary/aromatic N) is 1. The SMILES string of the molecule is COC(=O)[C@@H](N)Cc1cn([C@H]2O[C@H](COCc3ccccc3)[C@@H](OCc3ccccc3)[C@H](OCc3ccccc3)[C@@H]2O)c2ccccc12. The second kappa shape index (κ2) is 16.2. The molecule has 0 aliphatic carbocycles. The summed E-state index contributed by atoms with van der Waals surface area (Å²) in [4.78, 5) is 12.2. The third-order valence-corrected chi connectivity index (χ3v) is 8.64. The largest absolute Gasteiger partial charge is 0.468 e. The molecule has 1 aliphatic rings. The first-order chi connectivity index (χ1) is 23.5. The Kier molecular flexibility index (Phi) is 11.3. The van der Waals surface area contributed by atoms with Crippen molar-refractivity contribution in [3.8, 4) is 0 Å². The summed E-state index contributed by atoms with van der Waals surface area (Å²) >= 11 is 0. The number of aliphatic hydroxyl groups excluding tert-OH is 1. The Bertz CT molecular complexity index is 1730. The molecule has 2 heterocycles. The molecule has 0 bridgehead atoms. The van der Waals surface area contributed by atoms with Gasteiger partial charge < -0.3 is 39.1 Å². The Hall–Kier alpha value is -4.35. The Morgan fingerprint density at radius 1 is 0.792 bits per heavy atom. The molecule has 0 radical (unpaired) electrons. The molecule has 0 unspecified atom stereocenters. The van der Waals surface area contributed by atoms with Crippen LogP contribution in [0.15, 0.2) is 121 Å². The third kappa shape index (κ3) is 8.02. The van der Waals surface area contributed by atoms with Crippen LogP contribution in [0.5, 0.6) is 0 Å². The van der Waals surface area contributed by atoms with Crippen molar-refractivity contribution in [1.82, 2.24) is 4.57 Å². The Balaban J connectivity index is 1.34. The number of nitrogens with two attached hydrogens (primary N) is 1. The van der Waals surface area contributed by atoms with E-state index in [0.717, 1.165) is 33.2 Å². The van der Waals surface area contributed by atoms with Crippen LogP contribution >= 0.6 is 0 Å². The van der Waals surface area contributed by atoms with Crippen LogP contribution in [0.3, 0.4) is 0 Å². The van der Waals surface area contributed by atoms with Crippen molar-refractivity contribution in [2.75, 3.05) is 13.7 Å². The monoisotopic (exact) mass is 650 g/mol. The summed E-state index contributed by atoms with van der Waals surface area (Å²) in [5.41, 5.74) is 10.8. The van der Waals surface area contributed by atoms with E-state index in [9.17, 15) is 9.90 Å². The van der Waals surface area contributed by atoms with Crippen molar-refractivity contribution in [3.63, 3.8) is 0 Å². The van der Waals surface area contributed by atoms with Gasteiger partial charge in [0.15, 0.2) is 6.23 Å². The summed E-state index contributed by atoms with van der Waals surface area (Å²) in [7, 11) is 1.32. The molecular weight excluding hydrogens is 608 g/mol. The van der Waals surface area contributed by atoms with E-state index in [1.165, 1.54) is 7.11 Å². The number of carbonyl (C=O) groups excluding carboxylic acids is 1. The van der Waals surface area contributed by atoms with Gasteiger partial charge in [0.25, 0.3) is 0 Å². The van der Waals surface area contributed by atoms with Gasteiger partial charge in [0, 0.05) is 18.0 Å². The lowest BCUT2D eigenvalue weighted by molar-refractivity contribution is -0.278. The minimum atomic E-state index is -1.13. The Labute approximate surface area is 280 Å². The number of hydrogen-bond donors (Lipinski definition) is 2. The number of para-hydroxylation sites is 1. The number of fused-ring (bicyclic) bond motifs is 1. The van der Waals surface area contributed by atoms with Gasteiger partial charge in [0.05, 0.1) is 39.1 Å². The average molecular weight is 651 g/mol. The maximum atomic E-state index is 12.2. The quantitative estimate of drug-likeness (QED) is 0.155. The molecule has 6 rings (SSSR count). The van der Waals surface area contributed by atoms with Crippen LogP contribution in [-0.2, 0) is 54.7 Å². The fraction of sp³-hybridized carbons (Fsp3) is 0.308. The van der Waals surface area contributed by atoms with E-state index >= 15 is 0 Å². The zero-order valence-electron chi connectivity index (χ0n) is 27.0. The summed E-state index contributed by atoms with van der Waals surface area (Å²) in [6.45, 7) is 1.15. The summed E-state index contributed by atoms with van der Waals surface area (Å²) in [5, 5.41) is 13.0. The number of methoxy groups -OCH3 is 1. The van der Waals surface area contributed by atoms with Crippen molar-refractivity contribution < 1.29 is 33.6 Å². The van der Waals surface area contributed by atoms with Crippen LogP contribution in [-0.4, -0.2) is 59.8 Å². The number of benzene rings is 4. The molecule has 9 nitrogen and oxygen atoms in total. The standard InChI is InChI=1S/C39H42N2O7/c1-44-39(43)32(40)21-30-22-41(33-20-12-11-19-31(30)33)38-35(42)37(47-25-29-17-9-4-10-18-29)36(46-24-28-15-7-3-8-16-28)34(48-38)26-45-23-27-13-5-2-6-14-27/h2-20,22,32,34-38,42H,21,23-26,40H2,1H3/t32-,34+,35-,36+,37+,38-/m0/s1. The molecule has 3 N–H and O–H groups in total. The summed E-state index contributed by atoms with van der Waals surface area (Å²) in [6.07, 6.45) is -1.89. The summed E-state index contributed by atoms with van der Waals surface area (Å²) < 4.78 is 32.9. The molecule has 48 heavy (non-hydrogen) atoms. The van der Waals surface area contributed by atoms with Crippen molar-refractivity contribution in [2.45, 2.75) is 62.9 Å². The van der Waals surface area contributed by atoms with Crippen LogP contribution < -0.4 is 5.73 Å². The smallest absolute Gasteiger partial charge is 0.322 e. The average Bonchev–Trinajstić information content (AvgIpc) is 3.49. The number of ether oxygens (including phenoxy) is 5. The molecular formula is C39H42N2O7. The van der Waals surface area contributed by atoms with Crippen LogP contribution in [0, 0.1) is 0 Å². The van der Waals surface area contributed by atoms with E-state index in [2.05, 4.69) is 0 Å². The predicted molar refractivity (Wildman–Crippen MR) is 182 cm³/mol. The van der Waals surface area contributed by atoms with Crippen LogP contribution in [0.1, 0.15) is 28.5 Å². The van der Waals surface area contributed by atoms with Gasteiger partial charge in [-0.15, -0.1) is 0 Å². The molecule has 5 aromatic rings. The second-order valence-electron chi connectivity index (χ2n) is 12.0. The lowest BCUT2D eigenvalue weighted by Crippen LogP contribution is -2.58. The van der Waals surface area contributed by atoms with Gasteiger partial charge in [0.2, 0.25) is 0 Å². The van der Waals surface area contributed by atoms with Crippen LogP contribution in [0.4, 0.5) is 0 Å². The number of rotatable bonds is 14. The van der Waals surface area contributed by atoms with Crippen LogP contribution in [0.2, 0.25) is 0 Å². The normalized spacial score (nSPS) is 21.6. The number of aliphatic hydroxyl groups is 1. The maximum Gasteiger partial charge on any atom is 0.322 e. The van der Waals surface area contributed by atoms with Gasteiger partial charge in [-0.25, -0.2) is 0 Å². The zero-order valence-corrected chi connectivity index (χ0v) is 27.0. The minimum absolute atomic E-state index is 0.196. The van der Waals surface area contributed by atoms with E-state index in [0.29, 0.717) is 13.2 Å². The number of carbonyl (C=O) groups is 1. The minimum Gasteiger partial charge on any atom is -0.468 e. The number of aromatic nitrogens is 1. The molecule has 4 aromatic carbocycles. The van der Waals surface area contributed by atoms with Crippen molar-refractivity contribution in [1.29, 1.82) is 0 Å². The lowest BCUT2D eigenvalue weighted by atomic mass is 9.97. The molecule has 6 atom stereocenters. The Morgan fingerprint density at radius 3 is 1.94 bits per heavy atom. The highest BCUT2D eigenvalue weighted by Crippen LogP contribution is 2.37. The van der Waals surface area contributed by atoms with Gasteiger partial charge in [-0.2, -0.15) is 0 Å². The predicted octanol–water partition coefficient (Wildman–Crippen LogP) is 5.33.